The van der Waals surface area contributed by atoms with Crippen LogP contribution in [0.4, 0.5) is 0 Å². The van der Waals surface area contributed by atoms with Gasteiger partial charge in [0.25, 0.3) is 0 Å². The summed E-state index contributed by atoms with van der Waals surface area (Å²) in [7, 11) is 0. The smallest absolute Gasteiger partial charge is 0.249 e. The summed E-state index contributed by atoms with van der Waals surface area (Å²) < 4.78 is 4.15. The van der Waals surface area contributed by atoms with Gasteiger partial charge in [-0.1, -0.05) is 47.6 Å². The molecule has 0 aliphatic heterocycles. The predicted octanol–water partition coefficient (Wildman–Crippen LogP) is 3.07. The zero-order valence-electron chi connectivity index (χ0n) is 17.6. The second kappa shape index (κ2) is 10.2. The molecule has 2 aromatic rings. The Balaban J connectivity index is 0.00000158. The van der Waals surface area contributed by atoms with Gasteiger partial charge >= 0.3 is 0 Å². The normalized spacial score (nSPS) is 11.7. The van der Waals surface area contributed by atoms with Crippen LogP contribution >= 0.6 is 23.2 Å². The first-order valence-corrected chi connectivity index (χ1v) is 9.98. The number of halogens is 3. The molecule has 0 radical (unpaired) electrons. The number of aromatic hydroxyl groups is 1. The Bertz CT molecular complexity index is 729. The Morgan fingerprint density at radius 3 is 1.93 bits per heavy atom. The van der Waals surface area contributed by atoms with Crippen molar-refractivity contribution in [3.8, 4) is 11.4 Å². The Hall–Kier alpha value is -0.710. The van der Waals surface area contributed by atoms with E-state index in [1.165, 1.54) is 5.56 Å². The molecule has 1 N–H and O–H groups in total. The van der Waals surface area contributed by atoms with Gasteiger partial charge in [-0.3, -0.25) is 0 Å². The van der Waals surface area contributed by atoms with Gasteiger partial charge in [-0.15, -0.1) is 23.2 Å². The Morgan fingerprint density at radius 1 is 1.04 bits per heavy atom. The average molecular weight is 480 g/mol. The highest BCUT2D eigenvalue weighted by Crippen LogP contribution is 2.39. The Morgan fingerprint density at radius 2 is 1.56 bits per heavy atom. The van der Waals surface area contributed by atoms with Crippen LogP contribution in [0, 0.1) is 0 Å². The number of rotatable bonds is 2. The van der Waals surface area contributed by atoms with E-state index >= 15 is 0 Å². The van der Waals surface area contributed by atoms with Crippen molar-refractivity contribution >= 4 is 23.2 Å². The third-order valence-electron chi connectivity index (χ3n) is 4.30. The second-order valence-electron chi connectivity index (χ2n) is 8.85. The molecule has 0 amide bonds. The molecule has 0 fully saturated rings. The van der Waals surface area contributed by atoms with E-state index in [1.54, 1.807) is 0 Å². The predicted molar refractivity (Wildman–Crippen MR) is 112 cm³/mol. The van der Waals surface area contributed by atoms with Gasteiger partial charge in [-0.05, 0) is 36.3 Å². The quantitative estimate of drug-likeness (QED) is 0.520. The summed E-state index contributed by atoms with van der Waals surface area (Å²) in [6, 6.07) is 4.65. The molecular formula is C21H33BrCl2N2O. The molecular weight excluding hydrogens is 447 g/mol. The topological polar surface area (TPSA) is 29.0 Å². The van der Waals surface area contributed by atoms with E-state index < -0.39 is 0 Å². The van der Waals surface area contributed by atoms with E-state index in [9.17, 15) is 5.11 Å². The van der Waals surface area contributed by atoms with Crippen molar-refractivity contribution in [3.63, 3.8) is 0 Å². The van der Waals surface area contributed by atoms with E-state index in [-0.39, 0.29) is 33.2 Å². The maximum atomic E-state index is 10.9. The van der Waals surface area contributed by atoms with Crippen LogP contribution in [0.25, 0.3) is 5.69 Å². The molecule has 27 heavy (non-hydrogen) atoms. The molecule has 0 unspecified atom stereocenters. The van der Waals surface area contributed by atoms with E-state index in [2.05, 4.69) is 72.1 Å². The Labute approximate surface area is 185 Å². The van der Waals surface area contributed by atoms with E-state index in [4.69, 9.17) is 23.2 Å². The summed E-state index contributed by atoms with van der Waals surface area (Å²) in [5.74, 6) is 0.372. The minimum atomic E-state index is -0.110. The number of imidazole rings is 1. The number of phenols is 1. The summed E-state index contributed by atoms with van der Waals surface area (Å²) in [5, 5.41) is 11.1. The molecule has 0 atom stereocenters. The number of nitrogens with zero attached hydrogens (tertiary/aromatic N) is 2. The summed E-state index contributed by atoms with van der Waals surface area (Å²) in [5.41, 5.74) is 3.00. The first-order chi connectivity index (χ1) is 11.8. The maximum absolute atomic E-state index is 10.9. The molecule has 0 aliphatic rings. The fourth-order valence-electron chi connectivity index (χ4n) is 2.64. The molecule has 0 saturated heterocycles. The van der Waals surface area contributed by atoms with Gasteiger partial charge in [0.15, 0.2) is 11.4 Å². The lowest BCUT2D eigenvalue weighted by molar-refractivity contribution is -0.715. The van der Waals surface area contributed by atoms with Crippen LogP contribution in [-0.4, -0.2) is 15.0 Å². The monoisotopic (exact) mass is 478 g/mol. The van der Waals surface area contributed by atoms with Gasteiger partial charge in [-0.2, -0.15) is 4.57 Å². The van der Waals surface area contributed by atoms with Crippen molar-refractivity contribution in [1.82, 2.24) is 4.57 Å². The molecule has 0 bridgehead atoms. The first kappa shape index (κ1) is 26.3. The SMILES string of the molecule is CC(C)[n+]1ccn(-c2cc(C(C)(C)C)cc(C(C)(C)C)c2O)c1.ClCCl.[Br-]. The highest BCUT2D eigenvalue weighted by Gasteiger charge is 2.27. The van der Waals surface area contributed by atoms with Crippen LogP contribution in [0.1, 0.15) is 72.6 Å². The van der Waals surface area contributed by atoms with E-state index in [0.717, 1.165) is 11.3 Å². The van der Waals surface area contributed by atoms with Gasteiger partial charge in [0.05, 0.1) is 11.4 Å². The minimum absolute atomic E-state index is 0. The van der Waals surface area contributed by atoms with Crippen LogP contribution in [0.15, 0.2) is 30.9 Å². The van der Waals surface area contributed by atoms with E-state index in [1.807, 2.05) is 23.3 Å². The highest BCUT2D eigenvalue weighted by atomic mass is 79.9. The standard InChI is InChI=1S/C20H30N2O.CH2Cl2.BrH/c1-14(2)21-9-10-22(13-21)17-12-15(19(3,4)5)11-16(18(17)23)20(6,7)8;2-1-3;/h9-14H,1-8H3;1H2;1H. The second-order valence-corrected chi connectivity index (χ2v) is 9.66. The Kier molecular flexibility index (Phi) is 9.91. The summed E-state index contributed by atoms with van der Waals surface area (Å²) in [4.78, 5) is 0. The third kappa shape index (κ3) is 6.99. The lowest BCUT2D eigenvalue weighted by atomic mass is 9.79. The van der Waals surface area contributed by atoms with Crippen molar-refractivity contribution in [2.45, 2.75) is 72.3 Å². The highest BCUT2D eigenvalue weighted by molar-refractivity contribution is 6.40. The molecule has 6 heteroatoms. The van der Waals surface area contributed by atoms with Gasteiger partial charge in [0.1, 0.15) is 12.4 Å². The van der Waals surface area contributed by atoms with Crippen LogP contribution in [0.2, 0.25) is 0 Å². The van der Waals surface area contributed by atoms with Gasteiger partial charge in [-0.25, -0.2) is 4.57 Å². The van der Waals surface area contributed by atoms with Gasteiger partial charge in [0.2, 0.25) is 6.33 Å². The molecule has 1 heterocycles. The minimum Gasteiger partial charge on any atom is -1.00 e. The zero-order chi connectivity index (χ0) is 20.3. The fourth-order valence-corrected chi connectivity index (χ4v) is 2.64. The largest absolute Gasteiger partial charge is 1.00 e. The number of benzene rings is 1. The lowest BCUT2D eigenvalue weighted by Gasteiger charge is -2.26. The average Bonchev–Trinajstić information content (AvgIpc) is 2.95. The maximum Gasteiger partial charge on any atom is 0.249 e. The summed E-state index contributed by atoms with van der Waals surface area (Å²) in [6.45, 7) is 17.3. The van der Waals surface area contributed by atoms with Gasteiger partial charge < -0.3 is 22.1 Å². The van der Waals surface area contributed by atoms with Crippen LogP contribution in [0.5, 0.6) is 5.75 Å². The van der Waals surface area contributed by atoms with Crippen molar-refractivity contribution in [2.24, 2.45) is 0 Å². The van der Waals surface area contributed by atoms with Crippen molar-refractivity contribution in [3.05, 3.63) is 42.0 Å². The van der Waals surface area contributed by atoms with Crippen molar-refractivity contribution in [2.75, 3.05) is 5.34 Å². The zero-order valence-corrected chi connectivity index (χ0v) is 20.7. The molecule has 1 aromatic carbocycles. The number of phenolic OH excluding ortho intramolecular Hbond substituents is 1. The summed E-state index contributed by atoms with van der Waals surface area (Å²) in [6.07, 6.45) is 6.09. The van der Waals surface area contributed by atoms with Crippen LogP contribution < -0.4 is 21.5 Å². The number of aromatic nitrogens is 2. The molecule has 154 valence electrons. The van der Waals surface area contributed by atoms with Gasteiger partial charge in [0, 0.05) is 5.56 Å². The summed E-state index contributed by atoms with van der Waals surface area (Å²) >= 11 is 9.53. The molecule has 2 rings (SSSR count). The third-order valence-corrected chi connectivity index (χ3v) is 4.30. The number of hydrogen-bond acceptors (Lipinski definition) is 1. The number of hydrogen-bond donors (Lipinski definition) is 1. The lowest BCUT2D eigenvalue weighted by Crippen LogP contribution is -3.00. The molecule has 0 aliphatic carbocycles. The first-order valence-electron chi connectivity index (χ1n) is 8.92. The molecule has 0 spiro atoms. The number of alkyl halides is 2. The van der Waals surface area contributed by atoms with Crippen molar-refractivity contribution in [1.29, 1.82) is 0 Å². The van der Waals surface area contributed by atoms with E-state index in [0.29, 0.717) is 11.8 Å². The molecule has 1 aromatic heterocycles. The van der Waals surface area contributed by atoms with Crippen LogP contribution in [-0.2, 0) is 10.8 Å². The van der Waals surface area contributed by atoms with Crippen molar-refractivity contribution < 1.29 is 26.7 Å². The molecule has 0 saturated carbocycles. The fraction of sp³-hybridized carbons (Fsp3) is 0.571. The molecule has 3 nitrogen and oxygen atoms in total. The van der Waals surface area contributed by atoms with Crippen LogP contribution in [0.3, 0.4) is 0 Å².